The van der Waals surface area contributed by atoms with Gasteiger partial charge >= 0.3 is 5.97 Å². The second kappa shape index (κ2) is 3.98. The van der Waals surface area contributed by atoms with Crippen molar-refractivity contribution in [2.75, 3.05) is 0 Å². The van der Waals surface area contributed by atoms with Gasteiger partial charge in [-0.25, -0.2) is 4.39 Å². The first-order valence-corrected chi connectivity index (χ1v) is 3.93. The molecule has 0 saturated carbocycles. The van der Waals surface area contributed by atoms with Crippen molar-refractivity contribution in [2.24, 2.45) is 0 Å². The Labute approximate surface area is 75.2 Å². The van der Waals surface area contributed by atoms with E-state index in [1.54, 1.807) is 6.92 Å². The minimum atomic E-state index is -0.904. The zero-order chi connectivity index (χ0) is 9.84. The van der Waals surface area contributed by atoms with Gasteiger partial charge in [-0.3, -0.25) is 9.78 Å². The maximum Gasteiger partial charge on any atom is 0.304 e. The number of rotatable bonds is 3. The van der Waals surface area contributed by atoms with Crippen molar-refractivity contribution >= 4 is 5.97 Å². The van der Waals surface area contributed by atoms with Crippen molar-refractivity contribution < 1.29 is 14.3 Å². The molecule has 0 aromatic carbocycles. The minimum Gasteiger partial charge on any atom is -0.481 e. The van der Waals surface area contributed by atoms with Crippen molar-refractivity contribution in [3.05, 3.63) is 29.8 Å². The number of aromatic nitrogens is 1. The highest BCUT2D eigenvalue weighted by molar-refractivity contribution is 5.67. The summed E-state index contributed by atoms with van der Waals surface area (Å²) in [6.45, 7) is 1.70. The Morgan fingerprint density at radius 1 is 1.77 bits per heavy atom. The van der Waals surface area contributed by atoms with E-state index in [0.29, 0.717) is 5.69 Å². The summed E-state index contributed by atoms with van der Waals surface area (Å²) in [7, 11) is 0. The van der Waals surface area contributed by atoms with Crippen molar-refractivity contribution in [1.29, 1.82) is 0 Å². The quantitative estimate of drug-likeness (QED) is 0.777. The van der Waals surface area contributed by atoms with E-state index in [0.717, 1.165) is 0 Å². The maximum atomic E-state index is 12.7. The van der Waals surface area contributed by atoms with Gasteiger partial charge in [0, 0.05) is 17.8 Å². The molecule has 4 heteroatoms. The lowest BCUT2D eigenvalue weighted by Crippen LogP contribution is -2.04. The van der Waals surface area contributed by atoms with Crippen LogP contribution in [0.25, 0.3) is 0 Å². The Balaban J connectivity index is 2.76. The third-order valence-corrected chi connectivity index (χ3v) is 1.73. The van der Waals surface area contributed by atoms with Crippen LogP contribution in [0, 0.1) is 5.82 Å². The summed E-state index contributed by atoms with van der Waals surface area (Å²) in [6.07, 6.45) is 1.31. The summed E-state index contributed by atoms with van der Waals surface area (Å²) < 4.78 is 12.7. The number of carboxylic acids is 1. The first kappa shape index (κ1) is 9.64. The van der Waals surface area contributed by atoms with E-state index >= 15 is 0 Å². The summed E-state index contributed by atoms with van der Waals surface area (Å²) in [6, 6.07) is 2.49. The number of halogens is 1. The third-order valence-electron chi connectivity index (χ3n) is 1.73. The fourth-order valence-corrected chi connectivity index (χ4v) is 1.06. The molecule has 0 fully saturated rings. The van der Waals surface area contributed by atoms with E-state index < -0.39 is 5.97 Å². The smallest absolute Gasteiger partial charge is 0.304 e. The lowest BCUT2D eigenvalue weighted by molar-refractivity contribution is -0.137. The molecule has 0 spiro atoms. The number of hydrogen-bond acceptors (Lipinski definition) is 2. The van der Waals surface area contributed by atoms with Crippen molar-refractivity contribution in [3.8, 4) is 0 Å². The molecule has 0 aliphatic rings. The van der Waals surface area contributed by atoms with Crippen molar-refractivity contribution in [1.82, 2.24) is 4.98 Å². The van der Waals surface area contributed by atoms with E-state index in [1.165, 1.54) is 18.3 Å². The van der Waals surface area contributed by atoms with E-state index in [4.69, 9.17) is 5.11 Å². The molecular formula is C9H10FNO2. The highest BCUT2D eigenvalue weighted by Crippen LogP contribution is 2.16. The summed E-state index contributed by atoms with van der Waals surface area (Å²) in [5, 5.41) is 8.49. The average Bonchev–Trinajstić information content (AvgIpc) is 2.03. The van der Waals surface area contributed by atoms with E-state index in [1.807, 2.05) is 0 Å². The molecule has 0 radical (unpaired) electrons. The van der Waals surface area contributed by atoms with Crippen LogP contribution in [0.1, 0.15) is 25.0 Å². The lowest BCUT2D eigenvalue weighted by atomic mass is 10.0. The molecular weight excluding hydrogens is 173 g/mol. The monoisotopic (exact) mass is 183 g/mol. The zero-order valence-electron chi connectivity index (χ0n) is 7.20. The minimum absolute atomic E-state index is 0.0313. The lowest BCUT2D eigenvalue weighted by Gasteiger charge is -2.06. The van der Waals surface area contributed by atoms with Crippen LogP contribution in [0.3, 0.4) is 0 Å². The van der Waals surface area contributed by atoms with Crippen LogP contribution in [0.15, 0.2) is 18.3 Å². The van der Waals surface area contributed by atoms with Crippen molar-refractivity contribution in [3.63, 3.8) is 0 Å². The van der Waals surface area contributed by atoms with E-state index in [-0.39, 0.29) is 18.2 Å². The summed E-state index contributed by atoms with van der Waals surface area (Å²) in [5.74, 6) is -1.55. The molecule has 1 aromatic rings. The fraction of sp³-hybridized carbons (Fsp3) is 0.333. The molecule has 1 N–H and O–H groups in total. The Bertz CT molecular complexity index is 314. The van der Waals surface area contributed by atoms with Crippen LogP contribution in [0.4, 0.5) is 4.39 Å². The first-order chi connectivity index (χ1) is 6.09. The Morgan fingerprint density at radius 2 is 2.46 bits per heavy atom. The molecule has 1 atom stereocenters. The van der Waals surface area contributed by atoms with Gasteiger partial charge in [0.15, 0.2) is 0 Å². The summed E-state index contributed by atoms with van der Waals surface area (Å²) >= 11 is 0. The average molecular weight is 183 g/mol. The Kier molecular flexibility index (Phi) is 2.95. The van der Waals surface area contributed by atoms with Crippen LogP contribution >= 0.6 is 0 Å². The van der Waals surface area contributed by atoms with Gasteiger partial charge in [0.05, 0.1) is 6.42 Å². The largest absolute Gasteiger partial charge is 0.481 e. The van der Waals surface area contributed by atoms with E-state index in [2.05, 4.69) is 4.98 Å². The number of pyridine rings is 1. The number of carboxylic acid groups (broad SMARTS) is 1. The Hall–Kier alpha value is -1.45. The van der Waals surface area contributed by atoms with Crippen LogP contribution in [0.2, 0.25) is 0 Å². The topological polar surface area (TPSA) is 50.2 Å². The van der Waals surface area contributed by atoms with E-state index in [9.17, 15) is 9.18 Å². The van der Waals surface area contributed by atoms with Gasteiger partial charge < -0.3 is 5.11 Å². The SMILES string of the molecule is CC(CC(=O)O)c1cc(F)ccn1. The molecule has 0 aliphatic carbocycles. The predicted octanol–water partition coefficient (Wildman–Crippen LogP) is 1.80. The zero-order valence-corrected chi connectivity index (χ0v) is 7.20. The molecule has 3 nitrogen and oxygen atoms in total. The summed E-state index contributed by atoms with van der Waals surface area (Å²) in [5.41, 5.74) is 0.474. The van der Waals surface area contributed by atoms with Crippen LogP contribution in [-0.4, -0.2) is 16.1 Å². The molecule has 0 saturated heterocycles. The van der Waals surface area contributed by atoms with Crippen LogP contribution in [-0.2, 0) is 4.79 Å². The normalized spacial score (nSPS) is 12.5. The first-order valence-electron chi connectivity index (χ1n) is 3.93. The maximum absolute atomic E-state index is 12.7. The molecule has 0 bridgehead atoms. The fourth-order valence-electron chi connectivity index (χ4n) is 1.06. The molecule has 13 heavy (non-hydrogen) atoms. The van der Waals surface area contributed by atoms with Gasteiger partial charge in [-0.15, -0.1) is 0 Å². The second-order valence-electron chi connectivity index (χ2n) is 2.90. The molecule has 1 aromatic heterocycles. The molecule has 1 heterocycles. The predicted molar refractivity (Wildman–Crippen MR) is 44.9 cm³/mol. The number of carbonyl (C=O) groups is 1. The molecule has 1 unspecified atom stereocenters. The highest BCUT2D eigenvalue weighted by Gasteiger charge is 2.11. The number of nitrogens with zero attached hydrogens (tertiary/aromatic N) is 1. The van der Waals surface area contributed by atoms with Gasteiger partial charge in [-0.1, -0.05) is 6.92 Å². The summed E-state index contributed by atoms with van der Waals surface area (Å²) in [4.78, 5) is 14.2. The molecule has 70 valence electrons. The van der Waals surface area contributed by atoms with Gasteiger partial charge in [-0.2, -0.15) is 0 Å². The third kappa shape index (κ3) is 2.82. The number of hydrogen-bond donors (Lipinski definition) is 1. The standard InChI is InChI=1S/C9H10FNO2/c1-6(4-9(12)13)8-5-7(10)2-3-11-8/h2-3,5-6H,4H2,1H3,(H,12,13). The van der Waals surface area contributed by atoms with Gasteiger partial charge in [0.2, 0.25) is 0 Å². The van der Waals surface area contributed by atoms with Crippen LogP contribution < -0.4 is 0 Å². The van der Waals surface area contributed by atoms with Crippen molar-refractivity contribution in [2.45, 2.75) is 19.3 Å². The number of aliphatic carboxylic acids is 1. The highest BCUT2D eigenvalue weighted by atomic mass is 19.1. The second-order valence-corrected chi connectivity index (χ2v) is 2.90. The Morgan fingerprint density at radius 3 is 3.00 bits per heavy atom. The van der Waals surface area contributed by atoms with Gasteiger partial charge in [-0.05, 0) is 12.1 Å². The molecule has 0 aliphatic heterocycles. The molecule has 1 rings (SSSR count). The molecule has 0 amide bonds. The van der Waals surface area contributed by atoms with Crippen LogP contribution in [0.5, 0.6) is 0 Å². The van der Waals surface area contributed by atoms with Gasteiger partial charge in [0.1, 0.15) is 5.82 Å². The van der Waals surface area contributed by atoms with Gasteiger partial charge in [0.25, 0.3) is 0 Å².